The lowest BCUT2D eigenvalue weighted by atomic mass is 10.1. The second kappa shape index (κ2) is 7.82. The summed E-state index contributed by atoms with van der Waals surface area (Å²) in [4.78, 5) is 12.1. The Bertz CT molecular complexity index is 783. The lowest BCUT2D eigenvalue weighted by molar-refractivity contribution is -0.137. The molecule has 0 spiro atoms. The summed E-state index contributed by atoms with van der Waals surface area (Å²) in [6.45, 7) is 3.70. The first-order valence-corrected chi connectivity index (χ1v) is 9.03. The van der Waals surface area contributed by atoms with Gasteiger partial charge < -0.3 is 5.32 Å². The van der Waals surface area contributed by atoms with Crippen LogP contribution < -0.4 is 5.32 Å². The third-order valence-electron chi connectivity index (χ3n) is 3.62. The summed E-state index contributed by atoms with van der Waals surface area (Å²) < 4.78 is 50.2. The number of hydrogen-bond acceptors (Lipinski definition) is 2. The van der Waals surface area contributed by atoms with E-state index >= 15 is 0 Å². The number of aryl methyl sites for hydroxylation is 2. The molecule has 134 valence electrons. The van der Waals surface area contributed by atoms with E-state index in [0.29, 0.717) is 5.69 Å². The van der Waals surface area contributed by atoms with Gasteiger partial charge in [-0.1, -0.05) is 36.4 Å². The van der Waals surface area contributed by atoms with Crippen LogP contribution in [0.1, 0.15) is 22.3 Å². The standard InChI is InChI=1S/C18H18F3NO2S/c1-12-5-3-6-13(2)17(12)22-16(23)11-25(24)10-14-7-4-8-15(9-14)18(19,20)21/h3-9H,10-11H2,1-2H3,(H,22,23). The van der Waals surface area contributed by atoms with Crippen molar-refractivity contribution in [3.63, 3.8) is 0 Å². The van der Waals surface area contributed by atoms with Crippen molar-refractivity contribution in [2.75, 3.05) is 11.1 Å². The molecule has 2 aromatic rings. The Labute approximate surface area is 146 Å². The van der Waals surface area contributed by atoms with Crippen molar-refractivity contribution in [3.8, 4) is 0 Å². The lowest BCUT2D eigenvalue weighted by Gasteiger charge is -2.12. The largest absolute Gasteiger partial charge is 0.416 e. The molecule has 0 aliphatic carbocycles. The zero-order valence-corrected chi connectivity index (χ0v) is 14.6. The SMILES string of the molecule is Cc1cccc(C)c1NC(=O)CS(=O)Cc1cccc(C(F)(F)F)c1. The van der Waals surface area contributed by atoms with Gasteiger partial charge in [0.2, 0.25) is 5.91 Å². The fourth-order valence-electron chi connectivity index (χ4n) is 2.41. The molecule has 1 N–H and O–H groups in total. The number of halogens is 3. The van der Waals surface area contributed by atoms with Crippen molar-refractivity contribution in [1.29, 1.82) is 0 Å². The number of amides is 1. The molecule has 1 amide bonds. The highest BCUT2D eigenvalue weighted by Gasteiger charge is 2.30. The number of carbonyl (C=O) groups is 1. The van der Waals surface area contributed by atoms with Gasteiger partial charge in [0.05, 0.1) is 5.56 Å². The number of carbonyl (C=O) groups excluding carboxylic acids is 1. The molecule has 1 unspecified atom stereocenters. The number of hydrogen-bond donors (Lipinski definition) is 1. The van der Waals surface area contributed by atoms with Crippen LogP contribution in [0.15, 0.2) is 42.5 Å². The minimum absolute atomic E-state index is 0.107. The van der Waals surface area contributed by atoms with Gasteiger partial charge in [0, 0.05) is 22.2 Å². The number of alkyl halides is 3. The first-order chi connectivity index (χ1) is 11.7. The van der Waals surface area contributed by atoms with Crippen molar-refractivity contribution < 1.29 is 22.2 Å². The molecule has 0 saturated carbocycles. The third kappa shape index (κ3) is 5.42. The first-order valence-electron chi connectivity index (χ1n) is 7.54. The fourth-order valence-corrected chi connectivity index (χ4v) is 3.43. The Kier molecular flexibility index (Phi) is 6.00. The average Bonchev–Trinajstić information content (AvgIpc) is 2.50. The van der Waals surface area contributed by atoms with E-state index in [-0.39, 0.29) is 17.1 Å². The zero-order chi connectivity index (χ0) is 18.6. The Morgan fingerprint density at radius 3 is 2.28 bits per heavy atom. The van der Waals surface area contributed by atoms with E-state index in [4.69, 9.17) is 0 Å². The number of nitrogens with one attached hydrogen (secondary N) is 1. The van der Waals surface area contributed by atoms with Gasteiger partial charge in [-0.2, -0.15) is 13.2 Å². The Balaban J connectivity index is 2.00. The van der Waals surface area contributed by atoms with Crippen LogP contribution in [0.25, 0.3) is 0 Å². The quantitative estimate of drug-likeness (QED) is 0.858. The molecular weight excluding hydrogens is 351 g/mol. The van der Waals surface area contributed by atoms with Gasteiger partial charge in [0.1, 0.15) is 5.75 Å². The molecule has 1 atom stereocenters. The van der Waals surface area contributed by atoms with Crippen LogP contribution in [0.4, 0.5) is 18.9 Å². The molecular formula is C18H18F3NO2S. The normalized spacial score (nSPS) is 12.7. The average molecular weight is 369 g/mol. The maximum absolute atomic E-state index is 12.7. The van der Waals surface area contributed by atoms with Gasteiger partial charge >= 0.3 is 6.18 Å². The van der Waals surface area contributed by atoms with Gasteiger partial charge in [0.15, 0.2) is 0 Å². The monoisotopic (exact) mass is 369 g/mol. The summed E-state index contributed by atoms with van der Waals surface area (Å²) in [5, 5.41) is 2.72. The van der Waals surface area contributed by atoms with Crippen molar-refractivity contribution in [2.24, 2.45) is 0 Å². The highest BCUT2D eigenvalue weighted by atomic mass is 32.2. The molecule has 0 saturated heterocycles. The van der Waals surface area contributed by atoms with E-state index in [1.165, 1.54) is 12.1 Å². The van der Waals surface area contributed by atoms with Crippen molar-refractivity contribution >= 4 is 22.4 Å². The highest BCUT2D eigenvalue weighted by Crippen LogP contribution is 2.29. The summed E-state index contributed by atoms with van der Waals surface area (Å²) >= 11 is 0. The molecule has 0 heterocycles. The van der Waals surface area contributed by atoms with Gasteiger partial charge in [-0.05, 0) is 36.6 Å². The molecule has 0 bridgehead atoms. The van der Waals surface area contributed by atoms with Crippen LogP contribution in [-0.4, -0.2) is 15.9 Å². The molecule has 25 heavy (non-hydrogen) atoms. The van der Waals surface area contributed by atoms with Crippen LogP contribution in [0.2, 0.25) is 0 Å². The minimum Gasteiger partial charge on any atom is -0.325 e. The summed E-state index contributed by atoms with van der Waals surface area (Å²) in [5.41, 5.74) is 1.94. The molecule has 0 fully saturated rings. The molecule has 0 aliphatic rings. The second-order valence-corrected chi connectivity index (χ2v) is 7.20. The molecule has 3 nitrogen and oxygen atoms in total. The maximum atomic E-state index is 12.7. The molecule has 0 aromatic heterocycles. The Hall–Kier alpha value is -2.15. The van der Waals surface area contributed by atoms with Crippen molar-refractivity contribution in [1.82, 2.24) is 0 Å². The molecule has 0 aliphatic heterocycles. The summed E-state index contributed by atoms with van der Waals surface area (Å²) in [6.07, 6.45) is -4.45. The molecule has 7 heteroatoms. The van der Waals surface area contributed by atoms with Crippen LogP contribution in [0, 0.1) is 13.8 Å². The van der Waals surface area contributed by atoms with Crippen LogP contribution in [0.3, 0.4) is 0 Å². The number of rotatable bonds is 5. The Morgan fingerprint density at radius 2 is 1.68 bits per heavy atom. The number of benzene rings is 2. The third-order valence-corrected chi connectivity index (χ3v) is 4.86. The van der Waals surface area contributed by atoms with Gasteiger partial charge in [-0.3, -0.25) is 9.00 Å². The molecule has 2 rings (SSSR count). The number of para-hydroxylation sites is 1. The summed E-state index contributed by atoms with van der Waals surface area (Å²) in [5.74, 6) is -0.809. The van der Waals surface area contributed by atoms with Gasteiger partial charge in [-0.15, -0.1) is 0 Å². The van der Waals surface area contributed by atoms with Crippen molar-refractivity contribution in [2.45, 2.75) is 25.8 Å². The van der Waals surface area contributed by atoms with Crippen molar-refractivity contribution in [3.05, 3.63) is 64.7 Å². The van der Waals surface area contributed by atoms with E-state index in [0.717, 1.165) is 23.3 Å². The minimum atomic E-state index is -4.45. The lowest BCUT2D eigenvalue weighted by Crippen LogP contribution is -2.21. The van der Waals surface area contributed by atoms with E-state index in [1.807, 2.05) is 32.0 Å². The topological polar surface area (TPSA) is 46.2 Å². The summed E-state index contributed by atoms with van der Waals surface area (Å²) in [7, 11) is -1.60. The zero-order valence-electron chi connectivity index (χ0n) is 13.8. The highest BCUT2D eigenvalue weighted by molar-refractivity contribution is 7.84. The second-order valence-electron chi connectivity index (χ2n) is 5.74. The maximum Gasteiger partial charge on any atom is 0.416 e. The predicted octanol–water partition coefficient (Wildman–Crippen LogP) is 4.21. The van der Waals surface area contributed by atoms with E-state index in [2.05, 4.69) is 5.32 Å². The van der Waals surface area contributed by atoms with E-state index in [9.17, 15) is 22.2 Å². The molecule has 0 radical (unpaired) electrons. The predicted molar refractivity (Wildman–Crippen MR) is 92.7 cm³/mol. The van der Waals surface area contributed by atoms with Gasteiger partial charge in [-0.25, -0.2) is 0 Å². The smallest absolute Gasteiger partial charge is 0.325 e. The van der Waals surface area contributed by atoms with Crippen LogP contribution in [-0.2, 0) is 27.5 Å². The first kappa shape index (κ1) is 19.2. The Morgan fingerprint density at radius 1 is 1.08 bits per heavy atom. The van der Waals surface area contributed by atoms with Gasteiger partial charge in [0.25, 0.3) is 0 Å². The van der Waals surface area contributed by atoms with E-state index in [1.54, 1.807) is 0 Å². The van der Waals surface area contributed by atoms with Crippen LogP contribution in [0.5, 0.6) is 0 Å². The fraction of sp³-hybridized carbons (Fsp3) is 0.278. The van der Waals surface area contributed by atoms with E-state index < -0.39 is 28.4 Å². The van der Waals surface area contributed by atoms with Crippen LogP contribution >= 0.6 is 0 Å². The summed E-state index contributed by atoms with van der Waals surface area (Å²) in [6, 6.07) is 10.2. The molecule has 2 aromatic carbocycles. The number of anilines is 1.